The molecule has 0 radical (unpaired) electrons. The minimum atomic E-state index is -0.492. The molecule has 1 atom stereocenters. The summed E-state index contributed by atoms with van der Waals surface area (Å²) in [5.41, 5.74) is 6.53. The van der Waals surface area contributed by atoms with Crippen LogP contribution in [0.1, 0.15) is 53.9 Å². The third-order valence-corrected chi connectivity index (χ3v) is 3.59. The molecule has 0 fully saturated rings. The van der Waals surface area contributed by atoms with Crippen molar-refractivity contribution in [3.63, 3.8) is 0 Å². The summed E-state index contributed by atoms with van der Waals surface area (Å²) in [5.74, 6) is -0.306. The highest BCUT2D eigenvalue weighted by Crippen LogP contribution is 2.27. The maximum atomic E-state index is 12.1. The van der Waals surface area contributed by atoms with E-state index in [2.05, 4.69) is 16.6 Å². The van der Waals surface area contributed by atoms with Crippen molar-refractivity contribution in [3.05, 3.63) is 70.8 Å². The lowest BCUT2D eigenvalue weighted by atomic mass is 9.94. The SMILES string of the molecule is CC(C)(C)OC(=O)c1ccc(C2NN=Cc3ccccc32)cc1. The summed E-state index contributed by atoms with van der Waals surface area (Å²) in [6, 6.07) is 15.6. The fourth-order valence-electron chi connectivity index (χ4n) is 2.55. The minimum Gasteiger partial charge on any atom is -0.456 e. The first-order valence-corrected chi connectivity index (χ1v) is 7.65. The van der Waals surface area contributed by atoms with Crippen LogP contribution in [0.25, 0.3) is 0 Å². The number of benzene rings is 2. The van der Waals surface area contributed by atoms with Gasteiger partial charge in [0, 0.05) is 5.56 Å². The van der Waals surface area contributed by atoms with Crippen molar-refractivity contribution >= 4 is 12.2 Å². The van der Waals surface area contributed by atoms with E-state index in [4.69, 9.17) is 4.74 Å². The highest BCUT2D eigenvalue weighted by atomic mass is 16.6. The van der Waals surface area contributed by atoms with Gasteiger partial charge in [0.25, 0.3) is 0 Å². The Labute approximate surface area is 136 Å². The van der Waals surface area contributed by atoms with E-state index in [1.54, 1.807) is 12.1 Å². The fraction of sp³-hybridized carbons (Fsp3) is 0.263. The molecule has 0 spiro atoms. The Balaban J connectivity index is 1.83. The van der Waals surface area contributed by atoms with Crippen molar-refractivity contribution in [2.75, 3.05) is 0 Å². The molecule has 1 aliphatic rings. The highest BCUT2D eigenvalue weighted by molar-refractivity contribution is 5.89. The first kappa shape index (κ1) is 15.3. The Morgan fingerprint density at radius 1 is 1.09 bits per heavy atom. The van der Waals surface area contributed by atoms with E-state index < -0.39 is 5.60 Å². The normalized spacial score (nSPS) is 16.4. The van der Waals surface area contributed by atoms with Gasteiger partial charge >= 0.3 is 5.97 Å². The van der Waals surface area contributed by atoms with Gasteiger partial charge < -0.3 is 4.74 Å². The number of nitrogens with one attached hydrogen (secondary N) is 1. The standard InChI is InChI=1S/C19H20N2O2/c1-19(2,3)23-18(22)14-10-8-13(9-11-14)17-16-7-5-4-6-15(16)12-20-21-17/h4-12,17,21H,1-3H3. The number of rotatable bonds is 2. The number of hydrogen-bond acceptors (Lipinski definition) is 4. The molecule has 1 unspecified atom stereocenters. The van der Waals surface area contributed by atoms with Gasteiger partial charge in [0.2, 0.25) is 0 Å². The number of carbonyl (C=O) groups is 1. The van der Waals surface area contributed by atoms with Gasteiger partial charge in [-0.25, -0.2) is 4.79 Å². The van der Waals surface area contributed by atoms with Gasteiger partial charge in [-0.05, 0) is 44.0 Å². The summed E-state index contributed by atoms with van der Waals surface area (Å²) in [6.07, 6.45) is 1.82. The van der Waals surface area contributed by atoms with Crippen molar-refractivity contribution in [2.24, 2.45) is 5.10 Å². The molecular weight excluding hydrogens is 288 g/mol. The first-order chi connectivity index (χ1) is 10.9. The third-order valence-electron chi connectivity index (χ3n) is 3.59. The summed E-state index contributed by atoms with van der Waals surface area (Å²) in [7, 11) is 0. The molecule has 0 aliphatic carbocycles. The molecule has 1 aliphatic heterocycles. The van der Waals surface area contributed by atoms with Crippen LogP contribution in [0.2, 0.25) is 0 Å². The maximum absolute atomic E-state index is 12.1. The number of nitrogens with zero attached hydrogens (tertiary/aromatic N) is 1. The largest absolute Gasteiger partial charge is 0.456 e. The van der Waals surface area contributed by atoms with Gasteiger partial charge in [-0.1, -0.05) is 36.4 Å². The summed E-state index contributed by atoms with van der Waals surface area (Å²) in [4.78, 5) is 12.1. The van der Waals surface area contributed by atoms with Crippen LogP contribution in [0.4, 0.5) is 0 Å². The van der Waals surface area contributed by atoms with Gasteiger partial charge in [0.15, 0.2) is 0 Å². The van der Waals surface area contributed by atoms with E-state index in [1.807, 2.05) is 57.3 Å². The Morgan fingerprint density at radius 3 is 2.48 bits per heavy atom. The summed E-state index contributed by atoms with van der Waals surface area (Å²) < 4.78 is 5.39. The number of carbonyl (C=O) groups excluding carboxylic acids is 1. The van der Waals surface area contributed by atoms with Crippen LogP contribution in [0.15, 0.2) is 53.6 Å². The average molecular weight is 308 g/mol. The van der Waals surface area contributed by atoms with E-state index in [1.165, 1.54) is 5.56 Å². The molecule has 23 heavy (non-hydrogen) atoms. The second-order valence-corrected chi connectivity index (χ2v) is 6.57. The number of hydrogen-bond donors (Lipinski definition) is 1. The lowest BCUT2D eigenvalue weighted by molar-refractivity contribution is 0.00695. The molecule has 2 aromatic rings. The van der Waals surface area contributed by atoms with Crippen LogP contribution in [0.3, 0.4) is 0 Å². The third kappa shape index (κ3) is 3.42. The Bertz CT molecular complexity index is 743. The summed E-state index contributed by atoms with van der Waals surface area (Å²) in [5, 5.41) is 4.22. The average Bonchev–Trinajstić information content (AvgIpc) is 2.53. The Hall–Kier alpha value is -2.62. The van der Waals surface area contributed by atoms with E-state index in [-0.39, 0.29) is 12.0 Å². The topological polar surface area (TPSA) is 50.7 Å². The molecule has 2 aromatic carbocycles. The second-order valence-electron chi connectivity index (χ2n) is 6.57. The zero-order valence-corrected chi connectivity index (χ0v) is 13.5. The predicted octanol–water partition coefficient (Wildman–Crippen LogP) is 3.67. The van der Waals surface area contributed by atoms with Crippen molar-refractivity contribution in [3.8, 4) is 0 Å². The van der Waals surface area contributed by atoms with E-state index in [9.17, 15) is 4.79 Å². The van der Waals surface area contributed by atoms with Crippen molar-refractivity contribution in [1.82, 2.24) is 5.43 Å². The van der Waals surface area contributed by atoms with Gasteiger partial charge in [-0.15, -0.1) is 0 Å². The molecular formula is C19H20N2O2. The molecule has 3 rings (SSSR count). The smallest absolute Gasteiger partial charge is 0.338 e. The molecule has 118 valence electrons. The number of esters is 1. The van der Waals surface area contributed by atoms with Crippen molar-refractivity contribution < 1.29 is 9.53 Å². The van der Waals surface area contributed by atoms with Gasteiger partial charge in [0.1, 0.15) is 5.60 Å². The molecule has 0 amide bonds. The monoisotopic (exact) mass is 308 g/mol. The molecule has 0 saturated carbocycles. The van der Waals surface area contributed by atoms with Gasteiger partial charge in [-0.3, -0.25) is 5.43 Å². The van der Waals surface area contributed by atoms with Crippen LogP contribution < -0.4 is 5.43 Å². The fourth-order valence-corrected chi connectivity index (χ4v) is 2.55. The number of hydrazone groups is 1. The molecule has 4 heteroatoms. The molecule has 1 heterocycles. The van der Waals surface area contributed by atoms with Crippen molar-refractivity contribution in [1.29, 1.82) is 0 Å². The minimum absolute atomic E-state index is 0.0103. The quantitative estimate of drug-likeness (QED) is 0.861. The molecule has 1 N–H and O–H groups in total. The summed E-state index contributed by atoms with van der Waals surface area (Å²) >= 11 is 0. The highest BCUT2D eigenvalue weighted by Gasteiger charge is 2.21. The lowest BCUT2D eigenvalue weighted by Gasteiger charge is -2.23. The molecule has 0 bridgehead atoms. The number of fused-ring (bicyclic) bond motifs is 1. The van der Waals surface area contributed by atoms with Gasteiger partial charge in [0.05, 0.1) is 17.8 Å². The van der Waals surface area contributed by atoms with Crippen molar-refractivity contribution in [2.45, 2.75) is 32.4 Å². The lowest BCUT2D eigenvalue weighted by Crippen LogP contribution is -2.24. The number of ether oxygens (including phenoxy) is 1. The second kappa shape index (κ2) is 5.88. The predicted molar refractivity (Wildman–Crippen MR) is 90.6 cm³/mol. The van der Waals surface area contributed by atoms with Crippen LogP contribution >= 0.6 is 0 Å². The van der Waals surface area contributed by atoms with Gasteiger partial charge in [-0.2, -0.15) is 5.10 Å². The van der Waals surface area contributed by atoms with Crippen LogP contribution in [0.5, 0.6) is 0 Å². The Morgan fingerprint density at radius 2 is 1.78 bits per heavy atom. The van der Waals surface area contributed by atoms with E-state index >= 15 is 0 Å². The Kier molecular flexibility index (Phi) is 3.90. The van der Waals surface area contributed by atoms with Crippen LogP contribution in [-0.2, 0) is 4.74 Å². The molecule has 0 saturated heterocycles. The maximum Gasteiger partial charge on any atom is 0.338 e. The molecule has 0 aromatic heterocycles. The van der Waals surface area contributed by atoms with Crippen LogP contribution in [0, 0.1) is 0 Å². The first-order valence-electron chi connectivity index (χ1n) is 7.65. The zero-order valence-electron chi connectivity index (χ0n) is 13.5. The van der Waals surface area contributed by atoms with E-state index in [0.717, 1.165) is 11.1 Å². The summed E-state index contributed by atoms with van der Waals surface area (Å²) in [6.45, 7) is 5.58. The van der Waals surface area contributed by atoms with E-state index in [0.29, 0.717) is 5.56 Å². The zero-order chi connectivity index (χ0) is 16.4. The molecule has 4 nitrogen and oxygen atoms in total. The van der Waals surface area contributed by atoms with Crippen LogP contribution in [-0.4, -0.2) is 17.8 Å².